The zero-order chi connectivity index (χ0) is 32.2. The number of aromatic nitrogens is 2. The summed E-state index contributed by atoms with van der Waals surface area (Å²) >= 11 is 0. The maximum Gasteiger partial charge on any atom is 0.222 e. The number of aryl methyl sites for hydroxylation is 1. The van der Waals surface area contributed by atoms with E-state index in [1.165, 1.54) is 6.92 Å². The number of carbonyl (C=O) groups excluding carboxylic acids is 2. The zero-order valence-corrected chi connectivity index (χ0v) is 26.3. The smallest absolute Gasteiger partial charge is 0.222 e. The summed E-state index contributed by atoms with van der Waals surface area (Å²) in [6, 6.07) is 8.58. The Morgan fingerprint density at radius 1 is 0.911 bits per heavy atom. The summed E-state index contributed by atoms with van der Waals surface area (Å²) in [4.78, 5) is 45.9. The van der Waals surface area contributed by atoms with Crippen molar-refractivity contribution in [3.8, 4) is 28.4 Å². The lowest BCUT2D eigenvalue weighted by Crippen LogP contribution is -2.28. The Labute approximate surface area is 263 Å². The van der Waals surface area contributed by atoms with E-state index in [0.717, 1.165) is 36.0 Å². The van der Waals surface area contributed by atoms with Gasteiger partial charge < -0.3 is 35.5 Å². The molecule has 3 aromatic rings. The fourth-order valence-corrected chi connectivity index (χ4v) is 5.52. The van der Waals surface area contributed by atoms with Crippen LogP contribution in [0, 0.1) is 0 Å². The van der Waals surface area contributed by atoms with E-state index in [2.05, 4.69) is 31.2 Å². The molecule has 0 saturated carbocycles. The van der Waals surface area contributed by atoms with Crippen LogP contribution in [-0.2, 0) is 16.0 Å². The van der Waals surface area contributed by atoms with Crippen LogP contribution in [0.5, 0.6) is 17.2 Å². The first-order chi connectivity index (χ1) is 21.9. The van der Waals surface area contributed by atoms with Crippen molar-refractivity contribution in [2.24, 2.45) is 0 Å². The summed E-state index contributed by atoms with van der Waals surface area (Å²) in [6.07, 6.45) is 7.33. The van der Waals surface area contributed by atoms with Crippen molar-refractivity contribution in [3.05, 3.63) is 64.1 Å². The molecule has 12 heteroatoms. The molecule has 0 radical (unpaired) electrons. The SMILES string of the molecule is COc1cc2c(c(OC)c1OC)-c1ccc(NCCCCCC(=O)NCCNc3ncccn3)c(=O)cc1[C@H](NC(C)=O)CC2. The Kier molecular flexibility index (Phi) is 11.9. The van der Waals surface area contributed by atoms with Crippen LogP contribution in [0.3, 0.4) is 0 Å². The van der Waals surface area contributed by atoms with Crippen molar-refractivity contribution >= 4 is 23.5 Å². The molecule has 1 aliphatic carbocycles. The number of nitrogens with one attached hydrogen (secondary N) is 4. The monoisotopic (exact) mass is 618 g/mol. The molecule has 1 heterocycles. The van der Waals surface area contributed by atoms with E-state index in [0.29, 0.717) is 73.3 Å². The summed E-state index contributed by atoms with van der Waals surface area (Å²) in [7, 11) is 4.71. The van der Waals surface area contributed by atoms with E-state index < -0.39 is 0 Å². The lowest BCUT2D eigenvalue weighted by atomic mass is 9.95. The molecule has 45 heavy (non-hydrogen) atoms. The number of carbonyl (C=O) groups is 2. The Hall–Kier alpha value is -4.87. The summed E-state index contributed by atoms with van der Waals surface area (Å²) < 4.78 is 17.1. The van der Waals surface area contributed by atoms with Crippen LogP contribution in [0.25, 0.3) is 11.1 Å². The number of hydrogen-bond donors (Lipinski definition) is 4. The first-order valence-electron chi connectivity index (χ1n) is 15.1. The van der Waals surface area contributed by atoms with E-state index in [1.807, 2.05) is 12.1 Å². The topological polar surface area (TPSA) is 153 Å². The highest BCUT2D eigenvalue weighted by molar-refractivity contribution is 5.83. The molecule has 0 saturated heterocycles. The average Bonchev–Trinajstić information content (AvgIpc) is 3.28. The molecule has 4 rings (SSSR count). The quantitative estimate of drug-likeness (QED) is 0.185. The molecule has 0 aliphatic heterocycles. The largest absolute Gasteiger partial charge is 0.493 e. The van der Waals surface area contributed by atoms with Crippen LogP contribution >= 0.6 is 0 Å². The summed E-state index contributed by atoms with van der Waals surface area (Å²) in [5.74, 6) is 1.87. The molecule has 0 fully saturated rings. The van der Waals surface area contributed by atoms with Crippen molar-refractivity contribution in [2.75, 3.05) is 51.6 Å². The molecule has 4 N–H and O–H groups in total. The van der Waals surface area contributed by atoms with Crippen LogP contribution < -0.4 is 40.9 Å². The molecule has 12 nitrogen and oxygen atoms in total. The van der Waals surface area contributed by atoms with E-state index >= 15 is 0 Å². The predicted molar refractivity (Wildman–Crippen MR) is 173 cm³/mol. The van der Waals surface area contributed by atoms with Gasteiger partial charge in [-0.2, -0.15) is 0 Å². The molecule has 1 aromatic heterocycles. The van der Waals surface area contributed by atoms with Crippen LogP contribution in [0.4, 0.5) is 11.6 Å². The van der Waals surface area contributed by atoms with Gasteiger partial charge in [-0.3, -0.25) is 14.4 Å². The molecule has 2 aromatic carbocycles. The highest BCUT2D eigenvalue weighted by atomic mass is 16.5. The van der Waals surface area contributed by atoms with Crippen LogP contribution in [0.15, 0.2) is 47.5 Å². The molecule has 240 valence electrons. The van der Waals surface area contributed by atoms with E-state index in [9.17, 15) is 14.4 Å². The predicted octanol–water partition coefficient (Wildman–Crippen LogP) is 3.85. The molecule has 2 amide bonds. The lowest BCUT2D eigenvalue weighted by Gasteiger charge is -2.19. The van der Waals surface area contributed by atoms with Gasteiger partial charge in [-0.25, -0.2) is 9.97 Å². The van der Waals surface area contributed by atoms with Gasteiger partial charge >= 0.3 is 0 Å². The minimum atomic E-state index is -0.367. The first-order valence-corrected chi connectivity index (χ1v) is 15.1. The van der Waals surface area contributed by atoms with Crippen molar-refractivity contribution < 1.29 is 23.8 Å². The maximum atomic E-state index is 13.4. The second kappa shape index (κ2) is 16.3. The molecule has 0 unspecified atom stereocenters. The number of rotatable bonds is 15. The Morgan fingerprint density at radius 2 is 1.69 bits per heavy atom. The highest BCUT2D eigenvalue weighted by Gasteiger charge is 2.29. The third kappa shape index (κ3) is 8.62. The van der Waals surface area contributed by atoms with E-state index in [-0.39, 0.29) is 23.3 Å². The highest BCUT2D eigenvalue weighted by Crippen LogP contribution is 2.50. The zero-order valence-electron chi connectivity index (χ0n) is 26.3. The second-order valence-corrected chi connectivity index (χ2v) is 10.7. The van der Waals surface area contributed by atoms with Gasteiger partial charge in [0.2, 0.25) is 28.9 Å². The number of unbranched alkanes of at least 4 members (excludes halogenated alkanes) is 2. The van der Waals surface area contributed by atoms with E-state index in [1.54, 1.807) is 51.9 Å². The fraction of sp³-hybridized carbons (Fsp3) is 0.424. The van der Waals surface area contributed by atoms with Crippen LogP contribution in [0.2, 0.25) is 0 Å². The molecule has 0 spiro atoms. The average molecular weight is 619 g/mol. The van der Waals surface area contributed by atoms with Gasteiger partial charge in [0.15, 0.2) is 11.5 Å². The third-order valence-electron chi connectivity index (χ3n) is 7.61. The number of benzene rings is 1. The maximum absolute atomic E-state index is 13.4. The first kappa shape index (κ1) is 33.0. The summed E-state index contributed by atoms with van der Waals surface area (Å²) in [5.41, 5.74) is 3.55. The Bertz CT molecular complexity index is 1530. The minimum Gasteiger partial charge on any atom is -0.493 e. The van der Waals surface area contributed by atoms with Crippen molar-refractivity contribution in [1.29, 1.82) is 0 Å². The van der Waals surface area contributed by atoms with Gasteiger partial charge in [-0.1, -0.05) is 12.5 Å². The molecule has 0 bridgehead atoms. The minimum absolute atomic E-state index is 0.00384. The van der Waals surface area contributed by atoms with Gasteiger partial charge in [0.05, 0.1) is 33.1 Å². The van der Waals surface area contributed by atoms with Gasteiger partial charge in [0.25, 0.3) is 0 Å². The van der Waals surface area contributed by atoms with Crippen molar-refractivity contribution in [2.45, 2.75) is 51.5 Å². The molecular formula is C33H42N6O6. The van der Waals surface area contributed by atoms with Gasteiger partial charge in [0.1, 0.15) is 0 Å². The van der Waals surface area contributed by atoms with E-state index in [4.69, 9.17) is 14.2 Å². The van der Waals surface area contributed by atoms with Crippen LogP contribution in [-0.4, -0.2) is 62.7 Å². The Morgan fingerprint density at radius 3 is 2.40 bits per heavy atom. The van der Waals surface area contributed by atoms with Crippen molar-refractivity contribution in [1.82, 2.24) is 20.6 Å². The van der Waals surface area contributed by atoms with Gasteiger partial charge in [-0.15, -0.1) is 0 Å². The Balaban J connectivity index is 1.40. The second-order valence-electron chi connectivity index (χ2n) is 10.7. The number of methoxy groups -OCH3 is 3. The number of hydrogen-bond acceptors (Lipinski definition) is 10. The fourth-order valence-electron chi connectivity index (χ4n) is 5.52. The number of anilines is 2. The molecule has 1 atom stereocenters. The lowest BCUT2D eigenvalue weighted by molar-refractivity contribution is -0.121. The number of nitrogens with zero attached hydrogens (tertiary/aromatic N) is 2. The van der Waals surface area contributed by atoms with Crippen molar-refractivity contribution in [3.63, 3.8) is 0 Å². The van der Waals surface area contributed by atoms with Gasteiger partial charge in [0, 0.05) is 50.9 Å². The molecular weight excluding hydrogens is 576 g/mol. The molecule has 1 aliphatic rings. The summed E-state index contributed by atoms with van der Waals surface area (Å²) in [6.45, 7) is 3.08. The number of ether oxygens (including phenoxy) is 3. The number of fused-ring (bicyclic) bond motifs is 3. The standard InChI is InChI=1S/C33H42N6O6/c1-21(40)39-25-12-10-22-19-28(43-2)31(44-3)32(45-4)30(22)23-11-13-26(27(41)20-24(23)25)34-14-7-5-6-9-29(42)35-17-18-38-33-36-15-8-16-37-33/h8,11,13,15-16,19-20,25H,5-7,9-10,12,14,17-18H2,1-4H3,(H,34,41)(H,35,42)(H,39,40)(H,36,37,38)/t25-/m1/s1. The van der Waals surface area contributed by atoms with Gasteiger partial charge in [-0.05, 0) is 66.6 Å². The normalized spacial score (nSPS) is 13.4. The number of amides is 2. The third-order valence-corrected chi connectivity index (χ3v) is 7.61. The summed E-state index contributed by atoms with van der Waals surface area (Å²) in [5, 5.41) is 12.2. The van der Waals surface area contributed by atoms with Crippen LogP contribution in [0.1, 0.15) is 56.2 Å².